The Bertz CT molecular complexity index is 1390. The van der Waals surface area contributed by atoms with Crippen molar-refractivity contribution in [2.75, 3.05) is 12.8 Å². The summed E-state index contributed by atoms with van der Waals surface area (Å²) in [5.74, 6) is -0.329. The molecule has 186 valence electrons. The van der Waals surface area contributed by atoms with Gasteiger partial charge in [0, 0.05) is 41.5 Å². The van der Waals surface area contributed by atoms with E-state index in [4.69, 9.17) is 22.1 Å². The normalized spacial score (nSPS) is 11.9. The van der Waals surface area contributed by atoms with Gasteiger partial charge in [-0.25, -0.2) is 9.78 Å². The Morgan fingerprint density at radius 3 is 2.64 bits per heavy atom. The van der Waals surface area contributed by atoms with Gasteiger partial charge in [0.25, 0.3) is 5.91 Å². The number of nitrogen functional groups attached to an aromatic ring is 1. The molecule has 0 aliphatic rings. The van der Waals surface area contributed by atoms with E-state index < -0.39 is 5.97 Å². The summed E-state index contributed by atoms with van der Waals surface area (Å²) >= 11 is 6.11. The summed E-state index contributed by atoms with van der Waals surface area (Å²) in [5.41, 5.74) is 11.0. The maximum Gasteiger partial charge on any atom is 0.340 e. The fourth-order valence-electron chi connectivity index (χ4n) is 3.90. The number of benzene rings is 1. The van der Waals surface area contributed by atoms with Crippen LogP contribution in [0.25, 0.3) is 10.9 Å². The second-order valence-corrected chi connectivity index (χ2v) is 8.62. The van der Waals surface area contributed by atoms with Crippen molar-refractivity contribution in [2.45, 2.75) is 33.7 Å². The topological polar surface area (TPSA) is 120 Å². The number of pyridine rings is 2. The van der Waals surface area contributed by atoms with Crippen molar-refractivity contribution in [3.8, 4) is 0 Å². The fourth-order valence-corrected chi connectivity index (χ4v) is 4.07. The lowest BCUT2D eigenvalue weighted by Gasteiger charge is -2.12. The predicted molar refractivity (Wildman–Crippen MR) is 143 cm³/mol. The number of amides is 1. The number of esters is 1. The molecule has 3 N–H and O–H groups in total. The molecule has 0 atom stereocenters. The van der Waals surface area contributed by atoms with Gasteiger partial charge in [0.15, 0.2) is 0 Å². The van der Waals surface area contributed by atoms with Crippen LogP contribution in [0.2, 0.25) is 5.02 Å². The Morgan fingerprint density at radius 2 is 2.00 bits per heavy atom. The molecule has 0 saturated heterocycles. The third-order valence-corrected chi connectivity index (χ3v) is 5.90. The van der Waals surface area contributed by atoms with Crippen LogP contribution in [0.1, 0.15) is 39.7 Å². The molecular formula is C27H28ClN5O3. The molecule has 36 heavy (non-hydrogen) atoms. The monoisotopic (exact) mass is 505 g/mol. The number of allylic oxidation sites excluding steroid dienone is 2. The molecule has 0 radical (unpaired) electrons. The van der Waals surface area contributed by atoms with E-state index >= 15 is 0 Å². The smallest absolute Gasteiger partial charge is 0.340 e. The number of hydrogen-bond acceptors (Lipinski definition) is 7. The molecular weight excluding hydrogens is 478 g/mol. The van der Waals surface area contributed by atoms with Crippen molar-refractivity contribution >= 4 is 46.9 Å². The van der Waals surface area contributed by atoms with Crippen LogP contribution >= 0.6 is 11.6 Å². The first-order chi connectivity index (χ1) is 17.2. The Kier molecular flexibility index (Phi) is 8.55. The third-order valence-electron chi connectivity index (χ3n) is 5.70. The maximum absolute atomic E-state index is 12.9. The van der Waals surface area contributed by atoms with E-state index in [0.717, 1.165) is 22.4 Å². The quantitative estimate of drug-likeness (QED) is 0.199. The molecule has 0 spiro atoms. The summed E-state index contributed by atoms with van der Waals surface area (Å²) in [7, 11) is 1.31. The highest BCUT2D eigenvalue weighted by molar-refractivity contribution is 6.31. The molecule has 0 fully saturated rings. The molecule has 9 heteroatoms. The van der Waals surface area contributed by atoms with Crippen LogP contribution in [0.5, 0.6) is 0 Å². The van der Waals surface area contributed by atoms with Crippen molar-refractivity contribution in [1.29, 1.82) is 0 Å². The molecule has 1 aromatic carbocycles. The van der Waals surface area contributed by atoms with Gasteiger partial charge in [-0.1, -0.05) is 17.7 Å². The fraction of sp³-hybridized carbons (Fsp3) is 0.222. The molecule has 2 heterocycles. The summed E-state index contributed by atoms with van der Waals surface area (Å²) in [5, 5.41) is 4.07. The number of aromatic nitrogens is 2. The standard InChI is InChI=1S/C27H28ClN5O3/c1-6-18(26(34)32-14-23-15(2)7-24(29)33-16(23)3)12-21(30-4)9-17-8-19-11-20(28)13-31-25(19)22(10-17)27(35)36-5/h6-8,10-13H,4,9,14H2,1-3,5H3,(H2,29,33)(H,32,34)/b18-6+,21-12-. The number of ether oxygens (including phenoxy) is 1. The SMILES string of the molecule is C=N/C(=C\C(=C/C)C(=O)NCc1c(C)cc(N)nc1C)Cc1cc(C(=O)OC)c2ncc(Cl)cc2c1. The second kappa shape index (κ2) is 11.6. The van der Waals surface area contributed by atoms with Crippen molar-refractivity contribution < 1.29 is 14.3 Å². The van der Waals surface area contributed by atoms with Crippen molar-refractivity contribution in [1.82, 2.24) is 15.3 Å². The second-order valence-electron chi connectivity index (χ2n) is 8.19. The zero-order valence-electron chi connectivity index (χ0n) is 20.7. The zero-order valence-corrected chi connectivity index (χ0v) is 21.4. The van der Waals surface area contributed by atoms with Crippen LogP contribution < -0.4 is 11.1 Å². The van der Waals surface area contributed by atoms with E-state index in [1.165, 1.54) is 13.3 Å². The van der Waals surface area contributed by atoms with E-state index in [1.807, 2.05) is 19.9 Å². The summed E-state index contributed by atoms with van der Waals surface area (Å²) in [6, 6.07) is 7.07. The van der Waals surface area contributed by atoms with E-state index in [-0.39, 0.29) is 5.91 Å². The lowest BCUT2D eigenvalue weighted by atomic mass is 10.0. The van der Waals surface area contributed by atoms with Gasteiger partial charge in [-0.2, -0.15) is 0 Å². The molecule has 3 rings (SSSR count). The number of carbonyl (C=O) groups excluding carboxylic acids is 2. The van der Waals surface area contributed by atoms with Gasteiger partial charge in [0.05, 0.1) is 23.2 Å². The highest BCUT2D eigenvalue weighted by Gasteiger charge is 2.16. The number of nitrogens with one attached hydrogen (secondary N) is 1. The zero-order chi connectivity index (χ0) is 26.4. The molecule has 1 amide bonds. The van der Waals surface area contributed by atoms with Crippen LogP contribution in [-0.4, -0.2) is 35.7 Å². The lowest BCUT2D eigenvalue weighted by molar-refractivity contribution is -0.117. The highest BCUT2D eigenvalue weighted by Crippen LogP contribution is 2.25. The number of aliphatic imine (C=N–C) groups is 1. The largest absolute Gasteiger partial charge is 0.465 e. The first-order valence-electron chi connectivity index (χ1n) is 11.2. The molecule has 0 unspecified atom stereocenters. The van der Waals surface area contributed by atoms with E-state index in [0.29, 0.717) is 51.5 Å². The first kappa shape index (κ1) is 26.6. The van der Waals surface area contributed by atoms with Crippen molar-refractivity contribution in [2.24, 2.45) is 4.99 Å². The van der Waals surface area contributed by atoms with Gasteiger partial charge in [0.1, 0.15) is 5.82 Å². The number of hydrogen-bond donors (Lipinski definition) is 2. The minimum absolute atomic E-state index is 0.265. The van der Waals surface area contributed by atoms with Gasteiger partial charge in [-0.05, 0) is 74.5 Å². The van der Waals surface area contributed by atoms with Gasteiger partial charge < -0.3 is 15.8 Å². The average Bonchev–Trinajstić information content (AvgIpc) is 2.84. The number of fused-ring (bicyclic) bond motifs is 1. The molecule has 3 aromatic rings. The molecule has 2 aromatic heterocycles. The van der Waals surface area contributed by atoms with Gasteiger partial charge in [0.2, 0.25) is 0 Å². The lowest BCUT2D eigenvalue weighted by Crippen LogP contribution is -2.25. The average molecular weight is 506 g/mol. The summed E-state index contributed by atoms with van der Waals surface area (Å²) in [6.07, 6.45) is 5.17. The third kappa shape index (κ3) is 6.14. The molecule has 0 aliphatic heterocycles. The summed E-state index contributed by atoms with van der Waals surface area (Å²) in [6.45, 7) is 9.52. The number of halogens is 1. The van der Waals surface area contributed by atoms with E-state index in [2.05, 4.69) is 27.0 Å². The van der Waals surface area contributed by atoms with Crippen LogP contribution in [0.4, 0.5) is 5.82 Å². The van der Waals surface area contributed by atoms with Gasteiger partial charge in [-0.15, -0.1) is 0 Å². The minimum Gasteiger partial charge on any atom is -0.465 e. The Hall–Kier alpha value is -4.04. The van der Waals surface area contributed by atoms with Gasteiger partial charge in [-0.3, -0.25) is 14.8 Å². The Morgan fingerprint density at radius 1 is 1.25 bits per heavy atom. The Balaban J connectivity index is 1.86. The van der Waals surface area contributed by atoms with Crippen LogP contribution in [0.15, 0.2) is 58.9 Å². The van der Waals surface area contributed by atoms with Crippen molar-refractivity contribution in [3.05, 3.63) is 86.9 Å². The number of carbonyl (C=O) groups is 2. The first-order valence-corrected chi connectivity index (χ1v) is 11.6. The number of methoxy groups -OCH3 is 1. The number of anilines is 1. The number of aryl methyl sites for hydroxylation is 2. The van der Waals surface area contributed by atoms with E-state index in [9.17, 15) is 9.59 Å². The van der Waals surface area contributed by atoms with E-state index in [1.54, 1.807) is 37.3 Å². The van der Waals surface area contributed by atoms with Crippen LogP contribution in [0.3, 0.4) is 0 Å². The summed E-state index contributed by atoms with van der Waals surface area (Å²) in [4.78, 5) is 38.0. The van der Waals surface area contributed by atoms with Gasteiger partial charge >= 0.3 is 5.97 Å². The number of nitrogens with two attached hydrogens (primary N) is 1. The summed E-state index contributed by atoms with van der Waals surface area (Å²) < 4.78 is 4.93. The maximum atomic E-state index is 12.9. The number of rotatable bonds is 8. The van der Waals surface area contributed by atoms with Crippen LogP contribution in [0, 0.1) is 13.8 Å². The predicted octanol–water partition coefficient (Wildman–Crippen LogP) is 4.66. The number of nitrogens with zero attached hydrogens (tertiary/aromatic N) is 3. The Labute approximate surface area is 214 Å². The molecule has 8 nitrogen and oxygen atoms in total. The minimum atomic E-state index is -0.509. The molecule has 0 aliphatic carbocycles. The van der Waals surface area contributed by atoms with Crippen LogP contribution in [-0.2, 0) is 22.5 Å². The highest BCUT2D eigenvalue weighted by atomic mass is 35.5. The van der Waals surface area contributed by atoms with Crippen molar-refractivity contribution in [3.63, 3.8) is 0 Å². The molecule has 0 saturated carbocycles. The molecule has 0 bridgehead atoms.